The molecule has 2 heterocycles. The molecule has 0 unspecified atom stereocenters. The Bertz CT molecular complexity index is 778. The van der Waals surface area contributed by atoms with Crippen molar-refractivity contribution >= 4 is 11.6 Å². The summed E-state index contributed by atoms with van der Waals surface area (Å²) < 4.78 is 7.28. The van der Waals surface area contributed by atoms with Gasteiger partial charge in [0.1, 0.15) is 0 Å². The van der Waals surface area contributed by atoms with Crippen molar-refractivity contribution in [1.82, 2.24) is 15.1 Å². The standard InChI is InChI=1S/C20H28N4O2/c1-14(19-15(2)22-23(4)16(19)3)20(25)21-13-17-7-5-6-8-18(17)24-9-11-26-12-10-24/h5-8,14H,9-13H2,1-4H3,(H,21,25)/t14-/m0/s1. The smallest absolute Gasteiger partial charge is 0.227 e. The summed E-state index contributed by atoms with van der Waals surface area (Å²) in [7, 11) is 1.91. The molecular weight excluding hydrogens is 328 g/mol. The molecule has 1 atom stereocenters. The summed E-state index contributed by atoms with van der Waals surface area (Å²) in [6.45, 7) is 9.70. The maximum absolute atomic E-state index is 12.7. The molecule has 1 saturated heterocycles. The van der Waals surface area contributed by atoms with Crippen LogP contribution in [-0.2, 0) is 23.1 Å². The number of nitrogens with one attached hydrogen (secondary N) is 1. The highest BCUT2D eigenvalue weighted by Crippen LogP contribution is 2.24. The quantitative estimate of drug-likeness (QED) is 0.893. The summed E-state index contributed by atoms with van der Waals surface area (Å²) in [5.74, 6) is -0.194. The van der Waals surface area contributed by atoms with E-state index in [9.17, 15) is 4.79 Å². The van der Waals surface area contributed by atoms with Crippen LogP contribution in [-0.4, -0.2) is 42.0 Å². The maximum atomic E-state index is 12.7. The van der Waals surface area contributed by atoms with E-state index in [2.05, 4.69) is 27.4 Å². The molecule has 1 aromatic heterocycles. The van der Waals surface area contributed by atoms with Crippen LogP contribution in [0.15, 0.2) is 24.3 Å². The molecule has 140 valence electrons. The second-order valence-corrected chi connectivity index (χ2v) is 6.88. The van der Waals surface area contributed by atoms with Gasteiger partial charge < -0.3 is 15.0 Å². The second-order valence-electron chi connectivity index (χ2n) is 6.88. The number of hydrogen-bond donors (Lipinski definition) is 1. The minimum absolute atomic E-state index is 0.0287. The van der Waals surface area contributed by atoms with Gasteiger partial charge in [0.2, 0.25) is 5.91 Å². The Kier molecular flexibility index (Phi) is 5.61. The van der Waals surface area contributed by atoms with Gasteiger partial charge in [0, 0.05) is 43.6 Å². The molecule has 0 bridgehead atoms. The van der Waals surface area contributed by atoms with Crippen molar-refractivity contribution in [1.29, 1.82) is 0 Å². The zero-order chi connectivity index (χ0) is 18.7. The van der Waals surface area contributed by atoms with Crippen molar-refractivity contribution in [3.05, 3.63) is 46.8 Å². The fraction of sp³-hybridized carbons (Fsp3) is 0.500. The lowest BCUT2D eigenvalue weighted by Gasteiger charge is -2.30. The fourth-order valence-electron chi connectivity index (χ4n) is 3.66. The van der Waals surface area contributed by atoms with Gasteiger partial charge in [-0.2, -0.15) is 5.10 Å². The van der Waals surface area contributed by atoms with Crippen LogP contribution in [0.4, 0.5) is 5.69 Å². The lowest BCUT2D eigenvalue weighted by molar-refractivity contribution is -0.122. The molecule has 0 saturated carbocycles. The molecular formula is C20H28N4O2. The molecule has 2 aromatic rings. The van der Waals surface area contributed by atoms with Crippen molar-refractivity contribution in [3.8, 4) is 0 Å². The SMILES string of the molecule is Cc1nn(C)c(C)c1[C@H](C)C(=O)NCc1ccccc1N1CCOCC1. The third kappa shape index (κ3) is 3.75. The van der Waals surface area contributed by atoms with E-state index < -0.39 is 0 Å². The van der Waals surface area contributed by atoms with Gasteiger partial charge in [-0.25, -0.2) is 0 Å². The summed E-state index contributed by atoms with van der Waals surface area (Å²) in [6, 6.07) is 8.26. The number of morpholine rings is 1. The summed E-state index contributed by atoms with van der Waals surface area (Å²) in [5.41, 5.74) is 5.29. The average Bonchev–Trinajstić information content (AvgIpc) is 2.92. The Morgan fingerprint density at radius 2 is 1.96 bits per heavy atom. The summed E-state index contributed by atoms with van der Waals surface area (Å²) in [5, 5.41) is 7.53. The molecule has 0 spiro atoms. The van der Waals surface area contributed by atoms with E-state index in [4.69, 9.17) is 4.74 Å². The molecule has 3 rings (SSSR count). The number of anilines is 1. The number of carbonyl (C=O) groups is 1. The van der Waals surface area contributed by atoms with E-state index >= 15 is 0 Å². The minimum atomic E-state index is -0.223. The van der Waals surface area contributed by atoms with Crippen LogP contribution in [0.5, 0.6) is 0 Å². The first-order valence-corrected chi connectivity index (χ1v) is 9.17. The normalized spacial score (nSPS) is 15.8. The van der Waals surface area contributed by atoms with Crippen molar-refractivity contribution < 1.29 is 9.53 Å². The van der Waals surface area contributed by atoms with Crippen LogP contribution < -0.4 is 10.2 Å². The van der Waals surface area contributed by atoms with Crippen LogP contribution in [0, 0.1) is 13.8 Å². The predicted molar refractivity (Wildman–Crippen MR) is 102 cm³/mol. The van der Waals surface area contributed by atoms with Crippen molar-refractivity contribution in [2.45, 2.75) is 33.2 Å². The number of benzene rings is 1. The zero-order valence-corrected chi connectivity index (χ0v) is 16.1. The molecule has 1 amide bonds. The van der Waals surface area contributed by atoms with Gasteiger partial charge in [0.05, 0.1) is 24.8 Å². The number of nitrogens with zero attached hydrogens (tertiary/aromatic N) is 3. The third-order valence-electron chi connectivity index (χ3n) is 5.19. The van der Waals surface area contributed by atoms with Gasteiger partial charge >= 0.3 is 0 Å². The molecule has 26 heavy (non-hydrogen) atoms. The van der Waals surface area contributed by atoms with Gasteiger partial charge in [0.15, 0.2) is 0 Å². The van der Waals surface area contributed by atoms with E-state index in [1.165, 1.54) is 5.69 Å². The highest BCUT2D eigenvalue weighted by atomic mass is 16.5. The van der Waals surface area contributed by atoms with Crippen LogP contribution in [0.25, 0.3) is 0 Å². The number of carbonyl (C=O) groups excluding carboxylic acids is 1. The maximum Gasteiger partial charge on any atom is 0.227 e. The van der Waals surface area contributed by atoms with Crippen molar-refractivity contribution in [2.75, 3.05) is 31.2 Å². The molecule has 1 fully saturated rings. The largest absolute Gasteiger partial charge is 0.378 e. The van der Waals surface area contributed by atoms with Gasteiger partial charge in [-0.3, -0.25) is 9.48 Å². The number of rotatable bonds is 5. The monoisotopic (exact) mass is 356 g/mol. The second kappa shape index (κ2) is 7.91. The number of amides is 1. The average molecular weight is 356 g/mol. The molecule has 1 aliphatic rings. The lowest BCUT2D eigenvalue weighted by atomic mass is 9.98. The predicted octanol–water partition coefficient (Wildman–Crippen LogP) is 2.29. The van der Waals surface area contributed by atoms with E-state index in [0.29, 0.717) is 6.54 Å². The Hall–Kier alpha value is -2.34. The van der Waals surface area contributed by atoms with Gasteiger partial charge in [0.25, 0.3) is 0 Å². The van der Waals surface area contributed by atoms with E-state index in [1.54, 1.807) is 0 Å². The summed E-state index contributed by atoms with van der Waals surface area (Å²) in [6.07, 6.45) is 0. The third-order valence-corrected chi connectivity index (χ3v) is 5.19. The molecule has 0 radical (unpaired) electrons. The first-order valence-electron chi connectivity index (χ1n) is 9.17. The first kappa shape index (κ1) is 18.5. The van der Waals surface area contributed by atoms with E-state index in [-0.39, 0.29) is 11.8 Å². The summed E-state index contributed by atoms with van der Waals surface area (Å²) in [4.78, 5) is 15.1. The van der Waals surface area contributed by atoms with Crippen molar-refractivity contribution in [2.24, 2.45) is 7.05 Å². The number of ether oxygens (including phenoxy) is 1. The Labute approximate surface area is 155 Å². The molecule has 1 aromatic carbocycles. The van der Waals surface area contributed by atoms with Gasteiger partial charge in [-0.05, 0) is 32.4 Å². The highest BCUT2D eigenvalue weighted by Gasteiger charge is 2.23. The van der Waals surface area contributed by atoms with Crippen LogP contribution in [0.2, 0.25) is 0 Å². The number of aryl methyl sites for hydroxylation is 2. The summed E-state index contributed by atoms with van der Waals surface area (Å²) >= 11 is 0. The van der Waals surface area contributed by atoms with Crippen LogP contribution in [0.3, 0.4) is 0 Å². The molecule has 1 N–H and O–H groups in total. The van der Waals surface area contributed by atoms with Crippen LogP contribution in [0.1, 0.15) is 35.4 Å². The minimum Gasteiger partial charge on any atom is -0.378 e. The van der Waals surface area contributed by atoms with E-state index in [1.807, 2.05) is 44.6 Å². The fourth-order valence-corrected chi connectivity index (χ4v) is 3.66. The molecule has 1 aliphatic heterocycles. The Balaban J connectivity index is 1.70. The highest BCUT2D eigenvalue weighted by molar-refractivity contribution is 5.84. The number of para-hydroxylation sites is 1. The first-order chi connectivity index (χ1) is 12.5. The molecule has 0 aliphatic carbocycles. The zero-order valence-electron chi connectivity index (χ0n) is 16.1. The lowest BCUT2D eigenvalue weighted by Crippen LogP contribution is -2.37. The van der Waals surface area contributed by atoms with Crippen molar-refractivity contribution in [3.63, 3.8) is 0 Å². The Morgan fingerprint density at radius 3 is 2.62 bits per heavy atom. The number of hydrogen-bond acceptors (Lipinski definition) is 4. The molecule has 6 nitrogen and oxygen atoms in total. The Morgan fingerprint density at radius 1 is 1.27 bits per heavy atom. The number of aromatic nitrogens is 2. The van der Waals surface area contributed by atoms with Gasteiger partial charge in [-0.1, -0.05) is 18.2 Å². The van der Waals surface area contributed by atoms with E-state index in [0.717, 1.165) is 48.8 Å². The topological polar surface area (TPSA) is 59.4 Å². The van der Waals surface area contributed by atoms with Gasteiger partial charge in [-0.15, -0.1) is 0 Å². The van der Waals surface area contributed by atoms with Crippen LogP contribution >= 0.6 is 0 Å². The molecule has 6 heteroatoms.